The number of nitrogens with zero attached hydrogens (tertiary/aromatic N) is 4. The van der Waals surface area contributed by atoms with Gasteiger partial charge in [-0.05, 0) is 19.8 Å². The van der Waals surface area contributed by atoms with Crippen LogP contribution in [0.3, 0.4) is 0 Å². The number of hydrogen-bond donors (Lipinski definition) is 0. The third-order valence-electron chi connectivity index (χ3n) is 5.32. The highest BCUT2D eigenvalue weighted by Gasteiger charge is 2.38. The molecule has 3 heterocycles. The molecular weight excluding hydrogens is 308 g/mol. The molecular formula is C17H28N4O3. The third kappa shape index (κ3) is 3.48. The van der Waals surface area contributed by atoms with Gasteiger partial charge in [-0.25, -0.2) is 0 Å². The number of methoxy groups -OCH3 is 1. The maximum absolute atomic E-state index is 12.9. The molecule has 2 aliphatic rings. The fourth-order valence-electron chi connectivity index (χ4n) is 3.74. The zero-order valence-corrected chi connectivity index (χ0v) is 15.0. The zero-order chi connectivity index (χ0) is 17.2. The minimum absolute atomic E-state index is 0.0687. The molecule has 0 atom stereocenters. The van der Waals surface area contributed by atoms with Crippen molar-refractivity contribution in [1.29, 1.82) is 0 Å². The van der Waals surface area contributed by atoms with Crippen molar-refractivity contribution in [3.8, 4) is 0 Å². The van der Waals surface area contributed by atoms with Gasteiger partial charge in [-0.15, -0.1) is 0 Å². The summed E-state index contributed by atoms with van der Waals surface area (Å²) in [6, 6.07) is 0. The van der Waals surface area contributed by atoms with E-state index in [0.717, 1.165) is 52.2 Å². The average Bonchev–Trinajstić information content (AvgIpc) is 2.97. The number of ether oxygens (including phenoxy) is 2. The monoisotopic (exact) mass is 336 g/mol. The van der Waals surface area contributed by atoms with Crippen molar-refractivity contribution in [1.82, 2.24) is 19.6 Å². The molecule has 24 heavy (non-hydrogen) atoms. The summed E-state index contributed by atoms with van der Waals surface area (Å²) in [6.07, 6.45) is 3.80. The van der Waals surface area contributed by atoms with Crippen molar-refractivity contribution in [2.45, 2.75) is 31.9 Å². The number of morpholine rings is 1. The molecule has 0 unspecified atom stereocenters. The quantitative estimate of drug-likeness (QED) is 0.817. The standard InChI is InChI=1S/C17H28N4O3/c1-17(21-8-10-24-11-9-21)4-6-20(7-5-17)16(22)14-12-19(2)18-15(14)13-23-3/h12H,4-11,13H2,1-3H3. The van der Waals surface area contributed by atoms with Gasteiger partial charge in [0, 0.05) is 52.1 Å². The van der Waals surface area contributed by atoms with Gasteiger partial charge >= 0.3 is 0 Å². The summed E-state index contributed by atoms with van der Waals surface area (Å²) in [4.78, 5) is 17.4. The summed E-state index contributed by atoms with van der Waals surface area (Å²) < 4.78 is 12.3. The van der Waals surface area contributed by atoms with Crippen LogP contribution in [0, 0.1) is 0 Å². The summed E-state index contributed by atoms with van der Waals surface area (Å²) in [6.45, 7) is 7.86. The lowest BCUT2D eigenvalue weighted by molar-refractivity contribution is -0.0372. The van der Waals surface area contributed by atoms with Gasteiger partial charge in [0.1, 0.15) is 5.69 Å². The molecule has 0 aliphatic carbocycles. The van der Waals surface area contributed by atoms with Crippen molar-refractivity contribution in [2.75, 3.05) is 46.5 Å². The fraction of sp³-hybridized carbons (Fsp3) is 0.765. The lowest BCUT2D eigenvalue weighted by Gasteiger charge is -2.48. The molecule has 0 aromatic carbocycles. The molecule has 0 saturated carbocycles. The van der Waals surface area contributed by atoms with Crippen molar-refractivity contribution in [3.63, 3.8) is 0 Å². The van der Waals surface area contributed by atoms with E-state index in [9.17, 15) is 4.79 Å². The molecule has 2 fully saturated rings. The Morgan fingerprint density at radius 1 is 1.29 bits per heavy atom. The number of piperidine rings is 1. The molecule has 0 spiro atoms. The molecule has 1 aromatic heterocycles. The van der Waals surface area contributed by atoms with Crippen LogP contribution in [-0.4, -0.2) is 77.5 Å². The van der Waals surface area contributed by atoms with Gasteiger partial charge < -0.3 is 14.4 Å². The van der Waals surface area contributed by atoms with Crippen LogP contribution in [0.5, 0.6) is 0 Å². The van der Waals surface area contributed by atoms with Gasteiger partial charge in [0.25, 0.3) is 5.91 Å². The van der Waals surface area contributed by atoms with E-state index in [-0.39, 0.29) is 11.4 Å². The van der Waals surface area contributed by atoms with Gasteiger partial charge in [0.15, 0.2) is 0 Å². The van der Waals surface area contributed by atoms with Crippen LogP contribution in [-0.2, 0) is 23.1 Å². The number of hydrogen-bond acceptors (Lipinski definition) is 5. The molecule has 0 bridgehead atoms. The Labute approximate surface area is 143 Å². The van der Waals surface area contributed by atoms with Gasteiger partial charge in [0.2, 0.25) is 0 Å². The molecule has 0 radical (unpaired) electrons. The van der Waals surface area contributed by atoms with Crippen molar-refractivity contribution in [2.24, 2.45) is 7.05 Å². The van der Waals surface area contributed by atoms with Gasteiger partial charge in [-0.2, -0.15) is 5.10 Å². The van der Waals surface area contributed by atoms with E-state index in [1.54, 1.807) is 18.0 Å². The van der Waals surface area contributed by atoms with E-state index in [1.165, 1.54) is 0 Å². The Morgan fingerprint density at radius 3 is 2.58 bits per heavy atom. The molecule has 7 heteroatoms. The molecule has 7 nitrogen and oxygen atoms in total. The predicted octanol–water partition coefficient (Wildman–Crippen LogP) is 0.893. The largest absolute Gasteiger partial charge is 0.379 e. The Morgan fingerprint density at radius 2 is 1.96 bits per heavy atom. The Bertz CT molecular complexity index is 572. The summed E-state index contributed by atoms with van der Waals surface area (Å²) in [5.74, 6) is 0.0687. The Kier molecular flexibility index (Phi) is 5.22. The number of rotatable bonds is 4. The van der Waals surface area contributed by atoms with Crippen LogP contribution in [0.25, 0.3) is 0 Å². The van der Waals surface area contributed by atoms with Crippen molar-refractivity contribution in [3.05, 3.63) is 17.5 Å². The average molecular weight is 336 g/mol. The summed E-state index contributed by atoms with van der Waals surface area (Å²) in [5, 5.41) is 4.34. The molecule has 3 rings (SSSR count). The zero-order valence-electron chi connectivity index (χ0n) is 15.0. The Hall–Kier alpha value is -1.44. The van der Waals surface area contributed by atoms with Gasteiger partial charge in [-0.3, -0.25) is 14.4 Å². The molecule has 134 valence electrons. The first-order chi connectivity index (χ1) is 11.5. The third-order valence-corrected chi connectivity index (χ3v) is 5.32. The molecule has 0 N–H and O–H groups in total. The second kappa shape index (κ2) is 7.21. The van der Waals surface area contributed by atoms with Crippen molar-refractivity contribution >= 4 is 5.91 Å². The van der Waals surface area contributed by atoms with E-state index in [2.05, 4.69) is 16.9 Å². The lowest BCUT2D eigenvalue weighted by atomic mass is 9.87. The minimum atomic E-state index is 0.0687. The number of likely N-dealkylation sites (tertiary alicyclic amines) is 1. The van der Waals surface area contributed by atoms with Gasteiger partial charge in [-0.1, -0.05) is 0 Å². The van der Waals surface area contributed by atoms with Crippen LogP contribution < -0.4 is 0 Å². The normalized spacial score (nSPS) is 21.9. The van der Waals surface area contributed by atoms with Crippen LogP contribution in [0.15, 0.2) is 6.20 Å². The molecule has 1 aromatic rings. The SMILES string of the molecule is COCc1nn(C)cc1C(=O)N1CCC(C)(N2CCOCC2)CC1. The van der Waals surface area contributed by atoms with E-state index in [4.69, 9.17) is 9.47 Å². The predicted molar refractivity (Wildman–Crippen MR) is 89.9 cm³/mol. The first-order valence-corrected chi connectivity index (χ1v) is 8.67. The van der Waals surface area contributed by atoms with Crippen LogP contribution in [0.4, 0.5) is 0 Å². The molecule has 2 saturated heterocycles. The van der Waals surface area contributed by atoms with E-state index in [1.807, 2.05) is 11.9 Å². The number of carbonyl (C=O) groups excluding carboxylic acids is 1. The van der Waals surface area contributed by atoms with Crippen molar-refractivity contribution < 1.29 is 14.3 Å². The smallest absolute Gasteiger partial charge is 0.257 e. The maximum atomic E-state index is 12.9. The number of amides is 1. The highest BCUT2D eigenvalue weighted by Crippen LogP contribution is 2.30. The first-order valence-electron chi connectivity index (χ1n) is 8.67. The lowest BCUT2D eigenvalue weighted by Crippen LogP contribution is -2.57. The first kappa shape index (κ1) is 17.4. The summed E-state index contributed by atoms with van der Waals surface area (Å²) in [5.41, 5.74) is 1.55. The molecule has 2 aliphatic heterocycles. The minimum Gasteiger partial charge on any atom is -0.379 e. The number of aromatic nitrogens is 2. The fourth-order valence-corrected chi connectivity index (χ4v) is 3.74. The second-order valence-corrected chi connectivity index (χ2v) is 6.98. The summed E-state index contributed by atoms with van der Waals surface area (Å²) >= 11 is 0. The van der Waals surface area contributed by atoms with E-state index >= 15 is 0 Å². The topological polar surface area (TPSA) is 59.8 Å². The van der Waals surface area contributed by atoms with E-state index in [0.29, 0.717) is 17.9 Å². The van der Waals surface area contributed by atoms with E-state index < -0.39 is 0 Å². The highest BCUT2D eigenvalue weighted by atomic mass is 16.5. The highest BCUT2D eigenvalue weighted by molar-refractivity contribution is 5.95. The Balaban J connectivity index is 1.65. The number of carbonyl (C=O) groups is 1. The van der Waals surface area contributed by atoms with Crippen LogP contribution >= 0.6 is 0 Å². The summed E-state index contributed by atoms with van der Waals surface area (Å²) in [7, 11) is 3.46. The second-order valence-electron chi connectivity index (χ2n) is 6.98. The molecule has 1 amide bonds. The maximum Gasteiger partial charge on any atom is 0.257 e. The van der Waals surface area contributed by atoms with Gasteiger partial charge in [0.05, 0.1) is 25.4 Å². The van der Waals surface area contributed by atoms with Crippen LogP contribution in [0.1, 0.15) is 35.8 Å². The van der Waals surface area contributed by atoms with Crippen LogP contribution in [0.2, 0.25) is 0 Å². The number of aryl methyl sites for hydroxylation is 1.